The van der Waals surface area contributed by atoms with Gasteiger partial charge in [0.05, 0.1) is 0 Å². The van der Waals surface area contributed by atoms with E-state index in [1.54, 1.807) is 47.6 Å². The van der Waals surface area contributed by atoms with Gasteiger partial charge in [-0.1, -0.05) is 6.42 Å². The molecule has 28 heavy (non-hydrogen) atoms. The molecule has 11 heteroatoms. The second kappa shape index (κ2) is 15.6. The van der Waals surface area contributed by atoms with Crippen molar-refractivity contribution in [3.05, 3.63) is 6.92 Å². The molecule has 0 N–H and O–H groups in total. The van der Waals surface area contributed by atoms with E-state index in [1.165, 1.54) is 0 Å². The number of carbonyl (C=O) groups is 1. The fourth-order valence-corrected chi connectivity index (χ4v) is 6.43. The third kappa shape index (κ3) is 9.24. The molecule has 0 aromatic carbocycles. The van der Waals surface area contributed by atoms with Gasteiger partial charge in [0.1, 0.15) is 0 Å². The molecule has 0 bridgehead atoms. The van der Waals surface area contributed by atoms with E-state index >= 15 is 0 Å². The molecule has 0 aromatic rings. The first-order valence-corrected chi connectivity index (χ1v) is 13.2. The van der Waals surface area contributed by atoms with Gasteiger partial charge in [0, 0.05) is 67.7 Å². The Morgan fingerprint density at radius 2 is 1.18 bits per heavy atom. The molecule has 0 saturated carbocycles. The second-order valence-electron chi connectivity index (χ2n) is 6.14. The monoisotopic (exact) mass is 691 g/mol. The summed E-state index contributed by atoms with van der Waals surface area (Å²) < 4.78 is 32.4. The van der Waals surface area contributed by atoms with Crippen LogP contribution in [0.4, 0.5) is 0 Å². The number of hydrogen-bond donors (Lipinski definition) is 0. The van der Waals surface area contributed by atoms with Gasteiger partial charge in [-0.05, 0) is 19.3 Å². The van der Waals surface area contributed by atoms with Crippen LogP contribution in [-0.4, -0.2) is 84.2 Å². The molecule has 0 saturated heterocycles. The maximum Gasteiger partial charge on any atom is 0.500 e. The van der Waals surface area contributed by atoms with Crippen LogP contribution in [0, 0.1) is 6.92 Å². The van der Waals surface area contributed by atoms with Gasteiger partial charge < -0.3 is 38.4 Å². The summed E-state index contributed by atoms with van der Waals surface area (Å²) in [6.07, 6.45) is 3.93. The molecule has 164 valence electrons. The molecule has 0 aliphatic rings. The Morgan fingerprint density at radius 3 is 1.57 bits per heavy atom. The molecular formula is C17H38NO7RfSi2-. The number of hydrogen-bond acceptors (Lipinski definition) is 7. The molecule has 1 amide bonds. The molecule has 0 radical (unpaired) electrons. The molecule has 0 aliphatic carbocycles. The molecule has 0 rings (SSSR count). The summed E-state index contributed by atoms with van der Waals surface area (Å²) in [7, 11) is 4.50. The average molecular weight is 692 g/mol. The molecule has 0 aliphatic heterocycles. The Hall–Kier alpha value is -1.34. The quantitative estimate of drug-likeness (QED) is 0.132. The summed E-state index contributed by atoms with van der Waals surface area (Å²) in [5.74, 6) is 0.102. The number of amides is 1. The number of nitrogens with zero attached hydrogens (tertiary/aromatic N) is 1. The van der Waals surface area contributed by atoms with Crippen molar-refractivity contribution in [1.29, 1.82) is 0 Å². The van der Waals surface area contributed by atoms with Gasteiger partial charge in [0.25, 0.3) is 0 Å². The molecule has 0 unspecified atom stereocenters. The first kappa shape index (κ1) is 28.9. The van der Waals surface area contributed by atoms with Crippen LogP contribution in [0.2, 0.25) is 12.1 Å². The van der Waals surface area contributed by atoms with Crippen molar-refractivity contribution in [1.82, 2.24) is 4.90 Å². The maximum atomic E-state index is 12.4. The van der Waals surface area contributed by atoms with E-state index < -0.39 is 17.6 Å². The maximum absolute atomic E-state index is 12.4. The summed E-state index contributed by atoms with van der Waals surface area (Å²) in [5, 5.41) is 0. The predicted octanol–water partition coefficient (Wildman–Crippen LogP) is 2.36. The summed E-state index contributed by atoms with van der Waals surface area (Å²) in [4.78, 5) is 14.2. The van der Waals surface area contributed by atoms with Crippen LogP contribution in [0.15, 0.2) is 0 Å². The van der Waals surface area contributed by atoms with E-state index in [9.17, 15) is 4.79 Å². The summed E-state index contributed by atoms with van der Waals surface area (Å²) in [5.41, 5.74) is 0. The van der Waals surface area contributed by atoms with Gasteiger partial charge >= 0.3 is 17.6 Å². The Bertz CT molecular complexity index is 383. The number of unbranched alkanes of at least 4 members (excludes halogenated alkanes) is 2. The normalized spacial score (nSPS) is 12.0. The third-order valence-electron chi connectivity index (χ3n) is 4.77. The Morgan fingerprint density at radius 1 is 0.750 bits per heavy atom. The van der Waals surface area contributed by atoms with Crippen LogP contribution in [0.25, 0.3) is 0 Å². The van der Waals surface area contributed by atoms with E-state index in [1.807, 2.05) is 0 Å². The third-order valence-corrected chi connectivity index (χ3v) is 10.4. The van der Waals surface area contributed by atoms with E-state index in [2.05, 4.69) is 6.92 Å². The first-order valence-electron chi connectivity index (χ1n) is 9.30. The SMILES string of the molecule is [CH2-]CN(CCCCC[Si](OC)(OC)OC)C(=O)CCC[Si](OC)(OC)OC.[Rf]. The molecule has 0 heterocycles. The van der Waals surface area contributed by atoms with E-state index in [0.29, 0.717) is 32.0 Å². The Balaban J connectivity index is 0. The van der Waals surface area contributed by atoms with Gasteiger partial charge in [-0.3, -0.25) is 4.79 Å². The molecule has 0 spiro atoms. The average Bonchev–Trinajstić information content (AvgIpc) is 2.71. The predicted molar refractivity (Wildman–Crippen MR) is 108 cm³/mol. The molecule has 8 nitrogen and oxygen atoms in total. The van der Waals surface area contributed by atoms with Gasteiger partial charge in [0.2, 0.25) is 5.91 Å². The molecular weight excluding hydrogens is 653 g/mol. The van der Waals surface area contributed by atoms with Crippen molar-refractivity contribution in [2.75, 3.05) is 55.7 Å². The number of carbonyl (C=O) groups excluding carboxylic acids is 1. The largest absolute Gasteiger partial charge is 0.500 e. The standard InChI is InChI=1S/C17H38NO7Si2.Rf/c1-8-18(14-10-9-11-15-26(20-2,21-3)22-4)17(19)13-12-16-27(23-5,24-6)25-7;/h1,8-16H2,2-7H3;/q-1;. The van der Waals surface area contributed by atoms with E-state index in [-0.39, 0.29) is 5.91 Å². The van der Waals surface area contributed by atoms with E-state index in [0.717, 1.165) is 25.3 Å². The van der Waals surface area contributed by atoms with Crippen molar-refractivity contribution in [2.45, 2.75) is 44.2 Å². The van der Waals surface area contributed by atoms with Crippen LogP contribution in [0.1, 0.15) is 32.1 Å². The van der Waals surface area contributed by atoms with Gasteiger partial charge in [-0.25, -0.2) is 0 Å². The van der Waals surface area contributed by atoms with Crippen LogP contribution in [0.3, 0.4) is 0 Å². The van der Waals surface area contributed by atoms with Crippen molar-refractivity contribution in [3.8, 4) is 0 Å². The minimum absolute atomic E-state index is 0. The first-order chi connectivity index (χ1) is 12.9. The number of rotatable bonds is 17. The summed E-state index contributed by atoms with van der Waals surface area (Å²) >= 11 is 0. The molecule has 0 aromatic heterocycles. The zero-order valence-electron chi connectivity index (χ0n) is 18.6. The smallest absolute Gasteiger partial charge is 0.377 e. The van der Waals surface area contributed by atoms with Crippen molar-refractivity contribution < 1.29 is 31.4 Å². The Kier molecular flexibility index (Phi) is 16.1. The van der Waals surface area contributed by atoms with Crippen LogP contribution in [0.5, 0.6) is 0 Å². The van der Waals surface area contributed by atoms with Crippen molar-refractivity contribution >= 4 is 23.5 Å². The minimum Gasteiger partial charge on any atom is -0.377 e. The summed E-state index contributed by atoms with van der Waals surface area (Å²) in [6.45, 7) is 5.04. The fourth-order valence-electron chi connectivity index (χ4n) is 2.91. The van der Waals surface area contributed by atoms with Gasteiger partial charge in [-0.2, -0.15) is 0 Å². The molecule has 0 fully saturated rings. The second-order valence-corrected chi connectivity index (χ2v) is 12.3. The van der Waals surface area contributed by atoms with Crippen LogP contribution < -0.4 is 0 Å². The summed E-state index contributed by atoms with van der Waals surface area (Å²) in [6, 6.07) is 1.39. The van der Waals surface area contributed by atoms with Crippen LogP contribution >= 0.6 is 0 Å². The zero-order chi connectivity index (χ0) is 20.8. The zero-order valence-corrected chi connectivity index (χ0v) is 27.0. The topological polar surface area (TPSA) is 75.7 Å². The van der Waals surface area contributed by atoms with Gasteiger partial charge in [0.15, 0.2) is 0 Å². The minimum atomic E-state index is -2.61. The van der Waals surface area contributed by atoms with Crippen LogP contribution in [-0.2, 0) is 31.4 Å². The van der Waals surface area contributed by atoms with Crippen molar-refractivity contribution in [3.63, 3.8) is 0 Å². The van der Waals surface area contributed by atoms with Gasteiger partial charge in [-0.15, -0.1) is 6.54 Å². The van der Waals surface area contributed by atoms with E-state index in [4.69, 9.17) is 26.6 Å². The Labute approximate surface area is 167 Å². The fraction of sp³-hybridized carbons (Fsp3) is 0.882. The molecule has 0 atom stereocenters. The van der Waals surface area contributed by atoms with Crippen molar-refractivity contribution in [2.24, 2.45) is 0 Å².